The van der Waals surface area contributed by atoms with Gasteiger partial charge in [0.15, 0.2) is 0 Å². The minimum atomic E-state index is 0.507. The molecule has 4 heteroatoms. The Kier molecular flexibility index (Phi) is 4.19. The highest BCUT2D eigenvalue weighted by atomic mass is 14.9. The maximum atomic E-state index is 9.52. The molecule has 2 aromatic heterocycles. The number of rotatable bonds is 4. The summed E-state index contributed by atoms with van der Waals surface area (Å²) >= 11 is 0. The highest BCUT2D eigenvalue weighted by molar-refractivity contribution is 5.95. The van der Waals surface area contributed by atoms with Crippen molar-refractivity contribution in [2.45, 2.75) is 0 Å². The summed E-state index contributed by atoms with van der Waals surface area (Å²) in [5.74, 6) is 0. The molecule has 2 aromatic carbocycles. The van der Waals surface area contributed by atoms with Crippen LogP contribution in [-0.4, -0.2) is 9.97 Å². The molecule has 2 heterocycles. The van der Waals surface area contributed by atoms with Crippen LogP contribution in [0.1, 0.15) is 16.7 Å². The normalized spacial score (nSPS) is 10.9. The molecule has 26 heavy (non-hydrogen) atoms. The van der Waals surface area contributed by atoms with Gasteiger partial charge in [0.2, 0.25) is 0 Å². The molecule has 0 saturated heterocycles. The van der Waals surface area contributed by atoms with Gasteiger partial charge in [-0.25, -0.2) is 0 Å². The average molecular weight is 336 g/mol. The van der Waals surface area contributed by atoms with Crippen LogP contribution in [0.3, 0.4) is 0 Å². The Balaban J connectivity index is 1.76. The molecule has 4 rings (SSSR count). The van der Waals surface area contributed by atoms with E-state index in [0.717, 1.165) is 33.4 Å². The zero-order valence-corrected chi connectivity index (χ0v) is 14.0. The van der Waals surface area contributed by atoms with E-state index in [-0.39, 0.29) is 0 Å². The lowest BCUT2D eigenvalue weighted by Crippen LogP contribution is -1.98. The number of anilines is 2. The van der Waals surface area contributed by atoms with Crippen LogP contribution in [0.15, 0.2) is 73.2 Å². The molecule has 0 radical (unpaired) electrons. The Bertz CT molecular complexity index is 1120. The average Bonchev–Trinajstić information content (AvgIpc) is 3.18. The molecule has 0 bridgehead atoms. The summed E-state index contributed by atoms with van der Waals surface area (Å²) in [6.45, 7) is 0. The van der Waals surface area contributed by atoms with E-state index in [0.29, 0.717) is 5.56 Å². The highest BCUT2D eigenvalue weighted by Gasteiger charge is 2.10. The molecule has 4 aromatic rings. The van der Waals surface area contributed by atoms with Crippen LogP contribution in [0.5, 0.6) is 0 Å². The van der Waals surface area contributed by atoms with Crippen LogP contribution in [0.2, 0.25) is 0 Å². The predicted octanol–water partition coefficient (Wildman–Crippen LogP) is 5.35. The quantitative estimate of drug-likeness (QED) is 0.528. The number of nitrogens with zero attached hydrogens (tertiary/aromatic N) is 2. The lowest BCUT2D eigenvalue weighted by Gasteiger charge is -2.12. The van der Waals surface area contributed by atoms with Gasteiger partial charge in [0.1, 0.15) is 6.07 Å². The molecule has 0 amide bonds. The number of H-pyrrole nitrogens is 1. The van der Waals surface area contributed by atoms with Gasteiger partial charge in [0.25, 0.3) is 0 Å². The minimum Gasteiger partial charge on any atom is -0.361 e. The number of benzene rings is 2. The lowest BCUT2D eigenvalue weighted by molar-refractivity contribution is 1.29. The van der Waals surface area contributed by atoms with E-state index in [2.05, 4.69) is 21.4 Å². The van der Waals surface area contributed by atoms with E-state index >= 15 is 0 Å². The summed E-state index contributed by atoms with van der Waals surface area (Å²) in [6.07, 6.45) is 9.24. The van der Waals surface area contributed by atoms with Crippen molar-refractivity contribution in [2.75, 3.05) is 5.32 Å². The summed E-state index contributed by atoms with van der Waals surface area (Å²) in [5.41, 5.74) is 5.20. The smallest absolute Gasteiger partial charge is 0.103 e. The molecule has 4 nitrogen and oxygen atoms in total. The van der Waals surface area contributed by atoms with E-state index in [9.17, 15) is 5.26 Å². The SMILES string of the molecule is N#Cc1cncc(/C=C/c2ccccc2)c1Nc1cccc2[nH]ccc12. The number of hydrogen-bond acceptors (Lipinski definition) is 3. The van der Waals surface area contributed by atoms with Crippen molar-refractivity contribution in [2.24, 2.45) is 0 Å². The third kappa shape index (κ3) is 3.06. The Labute approximate surface area is 151 Å². The second kappa shape index (κ2) is 6.96. The van der Waals surface area contributed by atoms with Crippen molar-refractivity contribution >= 4 is 34.4 Å². The molecule has 0 unspecified atom stereocenters. The van der Waals surface area contributed by atoms with Crippen LogP contribution in [0, 0.1) is 11.3 Å². The number of fused-ring (bicyclic) bond motifs is 1. The largest absolute Gasteiger partial charge is 0.361 e. The number of nitrogens with one attached hydrogen (secondary N) is 2. The third-order valence-corrected chi connectivity index (χ3v) is 4.21. The molecule has 0 atom stereocenters. The van der Waals surface area contributed by atoms with Crippen LogP contribution < -0.4 is 5.32 Å². The Morgan fingerprint density at radius 3 is 2.69 bits per heavy atom. The van der Waals surface area contributed by atoms with E-state index in [4.69, 9.17) is 0 Å². The number of pyridine rings is 1. The van der Waals surface area contributed by atoms with E-state index < -0.39 is 0 Å². The molecule has 0 fully saturated rings. The molecule has 0 aliphatic carbocycles. The first-order chi connectivity index (χ1) is 12.8. The zero-order valence-electron chi connectivity index (χ0n) is 14.0. The summed E-state index contributed by atoms with van der Waals surface area (Å²) in [5, 5.41) is 14.0. The van der Waals surface area contributed by atoms with Crippen molar-refractivity contribution in [3.05, 3.63) is 89.9 Å². The van der Waals surface area contributed by atoms with Gasteiger partial charge in [-0.1, -0.05) is 48.6 Å². The second-order valence-electron chi connectivity index (χ2n) is 5.88. The molecule has 0 aliphatic rings. The third-order valence-electron chi connectivity index (χ3n) is 4.21. The van der Waals surface area contributed by atoms with E-state index in [1.54, 1.807) is 12.4 Å². The molecule has 0 saturated carbocycles. The molecule has 2 N–H and O–H groups in total. The predicted molar refractivity (Wildman–Crippen MR) is 106 cm³/mol. The van der Waals surface area contributed by atoms with Gasteiger partial charge in [0, 0.05) is 40.7 Å². The van der Waals surface area contributed by atoms with Crippen LogP contribution in [-0.2, 0) is 0 Å². The van der Waals surface area contributed by atoms with Gasteiger partial charge >= 0.3 is 0 Å². The first-order valence-electron chi connectivity index (χ1n) is 8.29. The summed E-state index contributed by atoms with van der Waals surface area (Å²) in [6, 6.07) is 20.3. The number of hydrogen-bond donors (Lipinski definition) is 2. The van der Waals surface area contributed by atoms with Crippen LogP contribution in [0.4, 0.5) is 11.4 Å². The highest BCUT2D eigenvalue weighted by Crippen LogP contribution is 2.30. The molecular weight excluding hydrogens is 320 g/mol. The van der Waals surface area contributed by atoms with Gasteiger partial charge < -0.3 is 10.3 Å². The maximum Gasteiger partial charge on any atom is 0.103 e. The number of nitriles is 1. The van der Waals surface area contributed by atoms with Gasteiger partial charge in [-0.15, -0.1) is 0 Å². The number of aromatic amines is 1. The minimum absolute atomic E-state index is 0.507. The summed E-state index contributed by atoms with van der Waals surface area (Å²) < 4.78 is 0. The fourth-order valence-electron chi connectivity index (χ4n) is 2.91. The molecular formula is C22H16N4. The second-order valence-corrected chi connectivity index (χ2v) is 5.88. The van der Waals surface area contributed by atoms with Gasteiger partial charge in [-0.2, -0.15) is 5.26 Å². The Hall–Kier alpha value is -3.84. The van der Waals surface area contributed by atoms with Gasteiger partial charge in [-0.3, -0.25) is 4.98 Å². The fraction of sp³-hybridized carbons (Fsp3) is 0. The first-order valence-corrected chi connectivity index (χ1v) is 8.29. The lowest BCUT2D eigenvalue weighted by atomic mass is 10.1. The van der Waals surface area contributed by atoms with Gasteiger partial charge in [-0.05, 0) is 23.8 Å². The van der Waals surface area contributed by atoms with Crippen molar-refractivity contribution < 1.29 is 0 Å². The molecule has 0 spiro atoms. The molecule has 0 aliphatic heterocycles. The Morgan fingerprint density at radius 1 is 0.962 bits per heavy atom. The van der Waals surface area contributed by atoms with Crippen molar-refractivity contribution in [3.8, 4) is 6.07 Å². The van der Waals surface area contributed by atoms with Gasteiger partial charge in [0.05, 0.1) is 11.3 Å². The van der Waals surface area contributed by atoms with Crippen LogP contribution in [0.25, 0.3) is 23.1 Å². The van der Waals surface area contributed by atoms with E-state index in [1.165, 1.54) is 0 Å². The van der Waals surface area contributed by atoms with E-state index in [1.807, 2.05) is 72.9 Å². The molecule has 124 valence electrons. The first kappa shape index (κ1) is 15.7. The summed E-state index contributed by atoms with van der Waals surface area (Å²) in [7, 11) is 0. The standard InChI is InChI=1S/C22H16N4/c23-13-18-15-24-14-17(10-9-16-5-2-1-3-6-16)22(18)26-21-8-4-7-20-19(21)11-12-25-20/h1-12,14-15,25H,(H,24,26)/b10-9+. The summed E-state index contributed by atoms with van der Waals surface area (Å²) in [4.78, 5) is 7.41. The topological polar surface area (TPSA) is 64.5 Å². The number of aromatic nitrogens is 2. The fourth-order valence-corrected chi connectivity index (χ4v) is 2.91. The maximum absolute atomic E-state index is 9.52. The monoisotopic (exact) mass is 336 g/mol. The zero-order chi connectivity index (χ0) is 17.8. The Morgan fingerprint density at radius 2 is 1.85 bits per heavy atom. The van der Waals surface area contributed by atoms with Crippen molar-refractivity contribution in [1.29, 1.82) is 5.26 Å². The van der Waals surface area contributed by atoms with Crippen LogP contribution >= 0.6 is 0 Å². The van der Waals surface area contributed by atoms with Crippen molar-refractivity contribution in [1.82, 2.24) is 9.97 Å². The van der Waals surface area contributed by atoms with Crippen molar-refractivity contribution in [3.63, 3.8) is 0 Å².